The molecular weight excluding hydrogens is 303 g/mol. The Morgan fingerprint density at radius 2 is 1.83 bits per heavy atom. The van der Waals surface area contributed by atoms with Gasteiger partial charge in [-0.2, -0.15) is 0 Å². The largest absolute Gasteiger partial charge is 0.392 e. The van der Waals surface area contributed by atoms with E-state index in [4.69, 9.17) is 0 Å². The molecule has 1 aliphatic heterocycles. The van der Waals surface area contributed by atoms with E-state index in [2.05, 4.69) is 9.98 Å². The molecule has 0 bridgehead atoms. The van der Waals surface area contributed by atoms with E-state index in [-0.39, 0.29) is 12.4 Å². The van der Waals surface area contributed by atoms with Crippen LogP contribution in [0, 0.1) is 5.82 Å². The molecule has 4 heteroatoms. The smallest absolute Gasteiger partial charge is 0.123 e. The van der Waals surface area contributed by atoms with Crippen molar-refractivity contribution in [2.45, 2.75) is 13.2 Å². The van der Waals surface area contributed by atoms with Crippen LogP contribution < -0.4 is 0 Å². The van der Waals surface area contributed by atoms with Crippen molar-refractivity contribution in [1.82, 2.24) is 4.98 Å². The zero-order valence-electron chi connectivity index (χ0n) is 12.9. The molecule has 0 radical (unpaired) electrons. The molecule has 2 aromatic carbocycles. The number of aliphatic hydroxyl groups excluding tert-OH is 1. The molecule has 1 aliphatic rings. The van der Waals surface area contributed by atoms with E-state index < -0.39 is 0 Å². The van der Waals surface area contributed by atoms with Gasteiger partial charge in [0.05, 0.1) is 24.6 Å². The second-order valence-corrected chi connectivity index (χ2v) is 5.71. The molecule has 0 fully saturated rings. The van der Waals surface area contributed by atoms with Crippen molar-refractivity contribution in [1.29, 1.82) is 0 Å². The first-order chi connectivity index (χ1) is 11.8. The normalized spacial score (nSPS) is 12.8. The molecule has 4 rings (SSSR count). The van der Waals surface area contributed by atoms with Crippen LogP contribution in [0.15, 0.2) is 65.8 Å². The summed E-state index contributed by atoms with van der Waals surface area (Å²) >= 11 is 0. The average molecular weight is 318 g/mol. The Labute approximate surface area is 139 Å². The van der Waals surface area contributed by atoms with Gasteiger partial charge in [-0.3, -0.25) is 9.98 Å². The zero-order chi connectivity index (χ0) is 16.5. The SMILES string of the molecule is OCc1ccc(-c2ccnc3c2C(c2cccc(F)c2)=NC3)cc1. The number of aliphatic imine (C=N–C) groups is 1. The van der Waals surface area contributed by atoms with E-state index in [1.54, 1.807) is 12.3 Å². The van der Waals surface area contributed by atoms with Crippen molar-refractivity contribution in [3.8, 4) is 11.1 Å². The van der Waals surface area contributed by atoms with Crippen molar-refractivity contribution in [3.05, 3.63) is 89.0 Å². The molecule has 0 saturated carbocycles. The number of hydrogen-bond acceptors (Lipinski definition) is 3. The molecule has 0 aliphatic carbocycles. The number of aromatic nitrogens is 1. The van der Waals surface area contributed by atoms with Crippen LogP contribution in [0.2, 0.25) is 0 Å². The third kappa shape index (κ3) is 2.51. The number of halogens is 1. The van der Waals surface area contributed by atoms with Gasteiger partial charge in [0.25, 0.3) is 0 Å². The van der Waals surface area contributed by atoms with Crippen LogP contribution in [0.25, 0.3) is 11.1 Å². The molecule has 118 valence electrons. The third-order valence-electron chi connectivity index (χ3n) is 4.20. The lowest BCUT2D eigenvalue weighted by Crippen LogP contribution is -2.05. The number of pyridine rings is 1. The molecule has 0 amide bonds. The van der Waals surface area contributed by atoms with Gasteiger partial charge in [-0.1, -0.05) is 36.4 Å². The fourth-order valence-electron chi connectivity index (χ4n) is 3.02. The number of aliphatic hydroxyl groups is 1. The van der Waals surface area contributed by atoms with Gasteiger partial charge in [0, 0.05) is 17.3 Å². The van der Waals surface area contributed by atoms with Crippen molar-refractivity contribution in [2.75, 3.05) is 0 Å². The molecule has 1 N–H and O–H groups in total. The Bertz CT molecular complexity index is 933. The quantitative estimate of drug-likeness (QED) is 0.800. The van der Waals surface area contributed by atoms with Gasteiger partial charge in [0.15, 0.2) is 0 Å². The predicted molar refractivity (Wildman–Crippen MR) is 91.3 cm³/mol. The lowest BCUT2D eigenvalue weighted by molar-refractivity contribution is 0.282. The zero-order valence-corrected chi connectivity index (χ0v) is 12.9. The maximum atomic E-state index is 13.6. The molecule has 0 atom stereocenters. The highest BCUT2D eigenvalue weighted by Crippen LogP contribution is 2.32. The van der Waals surface area contributed by atoms with Crippen LogP contribution in [0.3, 0.4) is 0 Å². The summed E-state index contributed by atoms with van der Waals surface area (Å²) in [5, 5.41) is 9.21. The van der Waals surface area contributed by atoms with E-state index in [0.29, 0.717) is 6.54 Å². The number of benzene rings is 2. The van der Waals surface area contributed by atoms with Crippen molar-refractivity contribution in [2.24, 2.45) is 4.99 Å². The summed E-state index contributed by atoms with van der Waals surface area (Å²) in [6.07, 6.45) is 1.78. The lowest BCUT2D eigenvalue weighted by atomic mass is 9.93. The number of rotatable bonds is 3. The number of nitrogens with zero attached hydrogens (tertiary/aromatic N) is 2. The maximum Gasteiger partial charge on any atom is 0.123 e. The van der Waals surface area contributed by atoms with Crippen LogP contribution >= 0.6 is 0 Å². The highest BCUT2D eigenvalue weighted by Gasteiger charge is 2.23. The molecule has 3 aromatic rings. The fraction of sp³-hybridized carbons (Fsp3) is 0.100. The topological polar surface area (TPSA) is 45.5 Å². The molecule has 24 heavy (non-hydrogen) atoms. The maximum absolute atomic E-state index is 13.6. The summed E-state index contributed by atoms with van der Waals surface area (Å²) in [7, 11) is 0. The van der Waals surface area contributed by atoms with E-state index in [9.17, 15) is 9.50 Å². The van der Waals surface area contributed by atoms with Gasteiger partial charge in [-0.25, -0.2) is 4.39 Å². The summed E-state index contributed by atoms with van der Waals surface area (Å²) in [6, 6.07) is 16.2. The first-order valence-electron chi connectivity index (χ1n) is 7.75. The molecule has 0 spiro atoms. The van der Waals surface area contributed by atoms with Crippen LogP contribution in [-0.4, -0.2) is 15.8 Å². The monoisotopic (exact) mass is 318 g/mol. The van der Waals surface area contributed by atoms with Crippen molar-refractivity contribution in [3.63, 3.8) is 0 Å². The van der Waals surface area contributed by atoms with Crippen molar-refractivity contribution >= 4 is 5.71 Å². The molecule has 1 aromatic heterocycles. The summed E-state index contributed by atoms with van der Waals surface area (Å²) in [4.78, 5) is 9.01. The van der Waals surface area contributed by atoms with Gasteiger partial charge >= 0.3 is 0 Å². The summed E-state index contributed by atoms with van der Waals surface area (Å²) < 4.78 is 13.6. The van der Waals surface area contributed by atoms with E-state index in [0.717, 1.165) is 39.2 Å². The molecule has 0 saturated heterocycles. The van der Waals surface area contributed by atoms with E-state index >= 15 is 0 Å². The molecule has 0 unspecified atom stereocenters. The van der Waals surface area contributed by atoms with E-state index in [1.165, 1.54) is 12.1 Å². The van der Waals surface area contributed by atoms with Crippen LogP contribution in [0.5, 0.6) is 0 Å². The summed E-state index contributed by atoms with van der Waals surface area (Å²) in [5.74, 6) is -0.276. The minimum Gasteiger partial charge on any atom is -0.392 e. The second kappa shape index (κ2) is 5.98. The Hall–Kier alpha value is -2.85. The summed E-state index contributed by atoms with van der Waals surface area (Å²) in [5.41, 5.74) is 6.30. The first kappa shape index (κ1) is 14.7. The first-order valence-corrected chi connectivity index (χ1v) is 7.75. The minimum absolute atomic E-state index is 0.0186. The molecule has 2 heterocycles. The highest BCUT2D eigenvalue weighted by atomic mass is 19.1. The van der Waals surface area contributed by atoms with Crippen molar-refractivity contribution < 1.29 is 9.50 Å². The third-order valence-corrected chi connectivity index (χ3v) is 4.20. The Balaban J connectivity index is 1.84. The van der Waals surface area contributed by atoms with Gasteiger partial charge < -0.3 is 5.11 Å². The lowest BCUT2D eigenvalue weighted by Gasteiger charge is -2.11. The van der Waals surface area contributed by atoms with Gasteiger partial charge in [-0.15, -0.1) is 0 Å². The minimum atomic E-state index is -0.276. The van der Waals surface area contributed by atoms with Gasteiger partial charge in [-0.05, 0) is 34.9 Å². The Kier molecular flexibility index (Phi) is 3.67. The predicted octanol–water partition coefficient (Wildman–Crippen LogP) is 3.73. The molecular formula is C20H15FN2O. The highest BCUT2D eigenvalue weighted by molar-refractivity contribution is 6.18. The molecule has 3 nitrogen and oxygen atoms in total. The van der Waals surface area contributed by atoms with E-state index in [1.807, 2.05) is 36.4 Å². The van der Waals surface area contributed by atoms with Gasteiger partial charge in [0.2, 0.25) is 0 Å². The van der Waals surface area contributed by atoms with Crippen LogP contribution in [-0.2, 0) is 13.2 Å². The second-order valence-electron chi connectivity index (χ2n) is 5.71. The number of fused-ring (bicyclic) bond motifs is 1. The average Bonchev–Trinajstić information content (AvgIpc) is 3.06. The van der Waals surface area contributed by atoms with Gasteiger partial charge in [0.1, 0.15) is 5.82 Å². The van der Waals surface area contributed by atoms with Crippen LogP contribution in [0.1, 0.15) is 22.4 Å². The summed E-state index contributed by atoms with van der Waals surface area (Å²) in [6.45, 7) is 0.522. The Morgan fingerprint density at radius 3 is 2.58 bits per heavy atom. The standard InChI is InChI=1S/C20H15FN2O/c21-16-3-1-2-15(10-16)20-19-17(8-9-22-18(19)11-23-20)14-6-4-13(12-24)5-7-14/h1-10,24H,11-12H2. The Morgan fingerprint density at radius 1 is 1.00 bits per heavy atom. The van der Waals surface area contributed by atoms with Crippen LogP contribution in [0.4, 0.5) is 4.39 Å². The fourth-order valence-corrected chi connectivity index (χ4v) is 3.02. The number of hydrogen-bond donors (Lipinski definition) is 1.